The van der Waals surface area contributed by atoms with Gasteiger partial charge in [0.1, 0.15) is 5.60 Å². The largest absolute Gasteiger partial charge is 0.364 e. The molecule has 5 aliphatic rings. The highest BCUT2D eigenvalue weighted by molar-refractivity contribution is 7.18. The van der Waals surface area contributed by atoms with Gasteiger partial charge in [0.15, 0.2) is 5.82 Å². The number of ether oxygens (including phenoxy) is 1. The zero-order valence-electron chi connectivity index (χ0n) is 24.8. The minimum absolute atomic E-state index is 0.00135. The second kappa shape index (κ2) is 10.7. The Bertz CT molecular complexity index is 1680. The first-order valence-corrected chi connectivity index (χ1v) is 16.6. The van der Waals surface area contributed by atoms with Gasteiger partial charge in [-0.3, -0.25) is 4.79 Å². The van der Waals surface area contributed by atoms with Gasteiger partial charge in [-0.2, -0.15) is 4.98 Å². The Morgan fingerprint density at radius 3 is 2.59 bits per heavy atom. The molecular formula is C34H36F2N4O3S. The fourth-order valence-corrected chi connectivity index (χ4v) is 8.29. The molecule has 4 aromatic rings. The first-order chi connectivity index (χ1) is 21.3. The molecule has 2 aromatic heterocycles. The van der Waals surface area contributed by atoms with Gasteiger partial charge in [-0.15, -0.1) is 11.3 Å². The van der Waals surface area contributed by atoms with Crippen molar-refractivity contribution < 1.29 is 22.8 Å². The van der Waals surface area contributed by atoms with Crippen molar-refractivity contribution >= 4 is 33.1 Å². The first-order valence-electron chi connectivity index (χ1n) is 15.8. The molecule has 2 saturated heterocycles. The number of carbonyl (C=O) groups is 1. The van der Waals surface area contributed by atoms with Crippen molar-refractivity contribution in [3.63, 3.8) is 0 Å². The molecule has 9 rings (SSSR count). The number of aromatic nitrogens is 3. The Morgan fingerprint density at radius 1 is 1.07 bits per heavy atom. The van der Waals surface area contributed by atoms with E-state index in [0.717, 1.165) is 76.4 Å². The molecule has 3 saturated carbocycles. The van der Waals surface area contributed by atoms with E-state index in [1.165, 1.54) is 0 Å². The molecule has 0 unspecified atom stereocenters. The lowest BCUT2D eigenvalue weighted by Crippen LogP contribution is -2.55. The lowest BCUT2D eigenvalue weighted by atomic mass is 9.65. The van der Waals surface area contributed by atoms with E-state index in [-0.39, 0.29) is 23.7 Å². The van der Waals surface area contributed by atoms with E-state index in [4.69, 9.17) is 14.2 Å². The predicted molar refractivity (Wildman–Crippen MR) is 164 cm³/mol. The summed E-state index contributed by atoms with van der Waals surface area (Å²) in [5.74, 6) is 1.23. The zero-order valence-corrected chi connectivity index (χ0v) is 25.6. The number of halogens is 2. The van der Waals surface area contributed by atoms with E-state index in [1.54, 1.807) is 11.3 Å². The van der Waals surface area contributed by atoms with Gasteiger partial charge in [0.05, 0.1) is 21.8 Å². The lowest BCUT2D eigenvalue weighted by Gasteiger charge is -2.52. The van der Waals surface area contributed by atoms with Crippen LogP contribution in [0.25, 0.3) is 21.3 Å². The first kappa shape index (κ1) is 28.2. The number of alkyl halides is 2. The number of hydrogen-bond donors (Lipinski definition) is 0. The van der Waals surface area contributed by atoms with Crippen molar-refractivity contribution in [1.29, 1.82) is 0 Å². The number of fused-ring (bicyclic) bond motifs is 4. The van der Waals surface area contributed by atoms with Crippen molar-refractivity contribution in [3.8, 4) is 11.1 Å². The topological polar surface area (TPSA) is 81.3 Å². The van der Waals surface area contributed by atoms with Gasteiger partial charge in [-0.05, 0) is 99.6 Å². The molecule has 2 bridgehead atoms. The quantitative estimate of drug-likeness (QED) is 0.189. The summed E-state index contributed by atoms with van der Waals surface area (Å²) in [6, 6.07) is 14.4. The van der Waals surface area contributed by atoms with E-state index in [1.807, 2.05) is 30.0 Å². The highest BCUT2D eigenvalue weighted by atomic mass is 32.1. The molecular weight excluding hydrogens is 582 g/mol. The molecule has 0 spiro atoms. The van der Waals surface area contributed by atoms with E-state index in [2.05, 4.69) is 34.4 Å². The van der Waals surface area contributed by atoms with Crippen molar-refractivity contribution in [2.24, 2.45) is 17.3 Å². The number of amides is 1. The molecule has 0 atom stereocenters. The SMILES string of the molecule is Cc1nc2ccc(-c3cccc(N(CC45CCC(c6nc(C7CC7)no6)(CC4)OC5)C(=O)CC4CC(C(F)F)C4)c3)cc2s1. The molecule has 4 heterocycles. The molecule has 7 nitrogen and oxygen atoms in total. The lowest BCUT2D eigenvalue weighted by molar-refractivity contribution is -0.198. The summed E-state index contributed by atoms with van der Waals surface area (Å²) in [6.45, 7) is 3.05. The van der Waals surface area contributed by atoms with Crippen LogP contribution in [0.3, 0.4) is 0 Å². The van der Waals surface area contributed by atoms with Gasteiger partial charge >= 0.3 is 0 Å². The molecule has 0 N–H and O–H groups in total. The van der Waals surface area contributed by atoms with Crippen LogP contribution >= 0.6 is 11.3 Å². The second-order valence-corrected chi connectivity index (χ2v) is 14.8. The molecule has 3 aliphatic carbocycles. The summed E-state index contributed by atoms with van der Waals surface area (Å²) in [6.07, 6.45) is 4.34. The second-order valence-electron chi connectivity index (χ2n) is 13.6. The summed E-state index contributed by atoms with van der Waals surface area (Å²) in [5.41, 5.74) is 3.18. The van der Waals surface area contributed by atoms with Crippen molar-refractivity contribution in [2.75, 3.05) is 18.1 Å². The Morgan fingerprint density at radius 2 is 1.86 bits per heavy atom. The minimum atomic E-state index is -2.31. The van der Waals surface area contributed by atoms with Gasteiger partial charge in [0.25, 0.3) is 5.89 Å². The van der Waals surface area contributed by atoms with Crippen LogP contribution in [0.15, 0.2) is 47.0 Å². The van der Waals surface area contributed by atoms with Gasteiger partial charge < -0.3 is 14.2 Å². The van der Waals surface area contributed by atoms with Crippen LogP contribution in [0, 0.1) is 24.2 Å². The van der Waals surface area contributed by atoms with Crippen LogP contribution < -0.4 is 4.90 Å². The van der Waals surface area contributed by atoms with Crippen LogP contribution in [0.5, 0.6) is 0 Å². The maximum Gasteiger partial charge on any atom is 0.258 e. The number of aryl methyl sites for hydroxylation is 1. The normalized spacial score (nSPS) is 28.0. The van der Waals surface area contributed by atoms with Crippen molar-refractivity contribution in [3.05, 3.63) is 59.2 Å². The summed E-state index contributed by atoms with van der Waals surface area (Å²) in [5, 5.41) is 5.26. The predicted octanol–water partition coefficient (Wildman–Crippen LogP) is 8.03. The number of rotatable bonds is 9. The third kappa shape index (κ3) is 5.13. The third-order valence-corrected chi connectivity index (χ3v) is 11.4. The van der Waals surface area contributed by atoms with E-state index in [0.29, 0.717) is 37.8 Å². The van der Waals surface area contributed by atoms with Crippen LogP contribution in [0.1, 0.15) is 80.4 Å². The van der Waals surface area contributed by atoms with Gasteiger partial charge in [-0.1, -0.05) is 23.4 Å². The van der Waals surface area contributed by atoms with Gasteiger partial charge in [0, 0.05) is 35.9 Å². The maximum atomic E-state index is 14.0. The fourth-order valence-electron chi connectivity index (χ4n) is 7.42. The average molecular weight is 619 g/mol. The van der Waals surface area contributed by atoms with Crippen LogP contribution in [0.4, 0.5) is 14.5 Å². The van der Waals surface area contributed by atoms with Crippen molar-refractivity contribution in [1.82, 2.24) is 15.1 Å². The highest BCUT2D eigenvalue weighted by Gasteiger charge is 2.54. The maximum absolute atomic E-state index is 14.0. The Labute approximate surface area is 259 Å². The Hall–Kier alpha value is -3.24. The number of nitrogens with zero attached hydrogens (tertiary/aromatic N) is 4. The number of anilines is 1. The standard InChI is InChI=1S/C34H36F2N4O3S/c1-20-37-27-8-7-24(17-28(27)44-20)23-3-2-4-26(16-23)40(29(41)15-21-13-25(14-21)30(35)36)18-33-9-11-34(12-10-33,42-19-33)32-38-31(39-43-32)22-5-6-22/h2-4,7-8,16-17,21-22,25,30H,5-6,9-15,18-19H2,1H3. The minimum Gasteiger partial charge on any atom is -0.364 e. The van der Waals surface area contributed by atoms with Crippen LogP contribution in [-0.4, -0.2) is 40.6 Å². The van der Waals surface area contributed by atoms with E-state index < -0.39 is 17.9 Å². The highest BCUT2D eigenvalue weighted by Crippen LogP contribution is 2.54. The van der Waals surface area contributed by atoms with Crippen LogP contribution in [0.2, 0.25) is 0 Å². The number of benzene rings is 2. The number of hydrogen-bond acceptors (Lipinski definition) is 7. The molecule has 0 radical (unpaired) electrons. The molecule has 230 valence electrons. The molecule has 2 aromatic carbocycles. The summed E-state index contributed by atoms with van der Waals surface area (Å²) in [7, 11) is 0. The van der Waals surface area contributed by atoms with Crippen molar-refractivity contribution in [2.45, 2.75) is 82.7 Å². The molecule has 5 fully saturated rings. The smallest absolute Gasteiger partial charge is 0.258 e. The molecule has 2 aliphatic heterocycles. The number of carbonyl (C=O) groups excluding carboxylic acids is 1. The molecule has 1 amide bonds. The fraction of sp³-hybridized carbons (Fsp3) is 0.529. The zero-order chi connectivity index (χ0) is 30.1. The van der Waals surface area contributed by atoms with E-state index >= 15 is 0 Å². The van der Waals surface area contributed by atoms with Gasteiger partial charge in [-0.25, -0.2) is 13.8 Å². The van der Waals surface area contributed by atoms with E-state index in [9.17, 15) is 13.6 Å². The van der Waals surface area contributed by atoms with Gasteiger partial charge in [0.2, 0.25) is 12.3 Å². The Kier molecular flexibility index (Phi) is 6.86. The Balaban J connectivity index is 1.05. The monoisotopic (exact) mass is 618 g/mol. The number of thiazole rings is 1. The van der Waals surface area contributed by atoms with Crippen LogP contribution in [-0.2, 0) is 15.1 Å². The summed E-state index contributed by atoms with van der Waals surface area (Å²) < 4.78 is 39.8. The molecule has 10 heteroatoms. The molecule has 44 heavy (non-hydrogen) atoms. The summed E-state index contributed by atoms with van der Waals surface area (Å²) in [4.78, 5) is 25.2. The summed E-state index contributed by atoms with van der Waals surface area (Å²) >= 11 is 1.67. The third-order valence-electron chi connectivity index (χ3n) is 10.4. The average Bonchev–Trinajstić information content (AvgIpc) is 3.61.